The average molecular weight is 476 g/mol. The van der Waals surface area contributed by atoms with Gasteiger partial charge in [0.2, 0.25) is 0 Å². The smallest absolute Gasteiger partial charge is 0.263 e. The molecule has 0 saturated heterocycles. The lowest BCUT2D eigenvalue weighted by atomic mass is 10.1. The zero-order chi connectivity index (χ0) is 23.8. The summed E-state index contributed by atoms with van der Waals surface area (Å²) in [6, 6.07) is 11.9. The van der Waals surface area contributed by atoms with Crippen molar-refractivity contribution in [1.29, 1.82) is 0 Å². The van der Waals surface area contributed by atoms with Gasteiger partial charge in [-0.05, 0) is 67.1 Å². The first-order chi connectivity index (χ1) is 15.6. The van der Waals surface area contributed by atoms with E-state index >= 15 is 0 Å². The number of nitrogens with zero attached hydrogens (tertiary/aromatic N) is 1. The van der Waals surface area contributed by atoms with Crippen LogP contribution in [0, 0.1) is 17.5 Å². The van der Waals surface area contributed by atoms with Crippen LogP contribution in [0.1, 0.15) is 18.1 Å². The Hall–Kier alpha value is -3.53. The first-order valence-electron chi connectivity index (χ1n) is 9.92. The van der Waals surface area contributed by atoms with Gasteiger partial charge in [-0.15, -0.1) is 0 Å². The highest BCUT2D eigenvalue weighted by atomic mass is 32.2. The van der Waals surface area contributed by atoms with Crippen LogP contribution < -0.4 is 9.46 Å². The monoisotopic (exact) mass is 476 g/mol. The molecule has 1 heterocycles. The molecule has 0 aromatic heterocycles. The highest BCUT2D eigenvalue weighted by Gasteiger charge is 2.28. The van der Waals surface area contributed by atoms with E-state index in [1.165, 1.54) is 23.1 Å². The van der Waals surface area contributed by atoms with Gasteiger partial charge in [0.05, 0.1) is 4.90 Å². The van der Waals surface area contributed by atoms with Gasteiger partial charge in [-0.2, -0.15) is 0 Å². The normalized spacial score (nSPS) is 16.1. The summed E-state index contributed by atoms with van der Waals surface area (Å²) in [5.74, 6) is -2.07. The first-order valence-corrected chi connectivity index (χ1v) is 11.4. The van der Waals surface area contributed by atoms with E-state index in [-0.39, 0.29) is 35.1 Å². The van der Waals surface area contributed by atoms with Gasteiger partial charge >= 0.3 is 0 Å². The molecule has 10 heteroatoms. The summed E-state index contributed by atoms with van der Waals surface area (Å²) in [4.78, 5) is 14.0. The molecule has 33 heavy (non-hydrogen) atoms. The maximum atomic E-state index is 13.6. The Morgan fingerprint density at radius 3 is 2.30 bits per heavy atom. The second-order valence-corrected chi connectivity index (χ2v) is 9.30. The molecular weight excluding hydrogens is 457 g/mol. The van der Waals surface area contributed by atoms with Crippen molar-refractivity contribution < 1.29 is 31.1 Å². The summed E-state index contributed by atoms with van der Waals surface area (Å²) in [6.07, 6.45) is -0.855. The highest BCUT2D eigenvalue weighted by molar-refractivity contribution is 7.92. The molecule has 172 valence electrons. The Labute approximate surface area is 188 Å². The molecular formula is C23H19F3N2O4S. The first kappa shape index (κ1) is 22.7. The summed E-state index contributed by atoms with van der Waals surface area (Å²) in [5.41, 5.74) is 0.981. The Morgan fingerprint density at radius 1 is 0.970 bits per heavy atom. The lowest BCUT2D eigenvalue weighted by Gasteiger charge is -2.22. The van der Waals surface area contributed by atoms with Crippen molar-refractivity contribution in [2.24, 2.45) is 0 Å². The van der Waals surface area contributed by atoms with E-state index in [0.717, 1.165) is 42.5 Å². The molecule has 0 saturated carbocycles. The zero-order valence-electron chi connectivity index (χ0n) is 17.4. The predicted octanol–water partition coefficient (Wildman–Crippen LogP) is 4.21. The lowest BCUT2D eigenvalue weighted by Crippen LogP contribution is -2.37. The average Bonchev–Trinajstić information content (AvgIpc) is 2.84. The maximum Gasteiger partial charge on any atom is 0.263 e. The number of hydrogen-bond donors (Lipinski definition) is 1. The number of ether oxygens (including phenoxy) is 1. The van der Waals surface area contributed by atoms with E-state index in [2.05, 4.69) is 4.72 Å². The van der Waals surface area contributed by atoms with E-state index in [9.17, 15) is 26.4 Å². The quantitative estimate of drug-likeness (QED) is 0.599. The van der Waals surface area contributed by atoms with E-state index < -0.39 is 33.6 Å². The Morgan fingerprint density at radius 2 is 1.64 bits per heavy atom. The van der Waals surface area contributed by atoms with Crippen LogP contribution in [-0.2, 0) is 27.9 Å². The zero-order valence-corrected chi connectivity index (χ0v) is 18.2. The summed E-state index contributed by atoms with van der Waals surface area (Å²) in [7, 11) is -3.98. The minimum atomic E-state index is -3.98. The summed E-state index contributed by atoms with van der Waals surface area (Å²) >= 11 is 0. The molecule has 1 amide bonds. The van der Waals surface area contributed by atoms with Gasteiger partial charge in [0.15, 0.2) is 6.10 Å². The minimum Gasteiger partial charge on any atom is -0.481 e. The SMILES string of the molecule is CC1Oc2ccc(NS(=O)(=O)c3ccc(F)cc3)cc2CN(Cc2cc(F)cc(F)c2)C1=O. The third-order valence-electron chi connectivity index (χ3n) is 5.06. The van der Waals surface area contributed by atoms with Crippen LogP contribution in [0.2, 0.25) is 0 Å². The molecule has 1 atom stereocenters. The predicted molar refractivity (Wildman–Crippen MR) is 114 cm³/mol. The third-order valence-corrected chi connectivity index (χ3v) is 6.45. The topological polar surface area (TPSA) is 75.7 Å². The van der Waals surface area contributed by atoms with Crippen molar-refractivity contribution >= 4 is 21.6 Å². The summed E-state index contributed by atoms with van der Waals surface area (Å²) in [6.45, 7) is 1.52. The second kappa shape index (κ2) is 8.78. The van der Waals surface area contributed by atoms with Gasteiger partial charge in [0.1, 0.15) is 23.2 Å². The molecule has 3 aromatic carbocycles. The van der Waals surface area contributed by atoms with Crippen molar-refractivity contribution in [2.75, 3.05) is 4.72 Å². The fraction of sp³-hybridized carbons (Fsp3) is 0.174. The maximum absolute atomic E-state index is 13.6. The van der Waals surface area contributed by atoms with Crippen LogP contribution in [0.25, 0.3) is 0 Å². The molecule has 0 radical (unpaired) electrons. The van der Waals surface area contributed by atoms with Gasteiger partial charge in [-0.1, -0.05) is 0 Å². The number of rotatable bonds is 5. The molecule has 3 aromatic rings. The fourth-order valence-corrected chi connectivity index (χ4v) is 4.60. The number of nitrogens with one attached hydrogen (secondary N) is 1. The molecule has 1 aliphatic rings. The van der Waals surface area contributed by atoms with Crippen LogP contribution in [-0.4, -0.2) is 25.3 Å². The van der Waals surface area contributed by atoms with Crippen LogP contribution >= 0.6 is 0 Å². The van der Waals surface area contributed by atoms with Gasteiger partial charge in [0.25, 0.3) is 15.9 Å². The number of amides is 1. The van der Waals surface area contributed by atoms with Crippen LogP contribution in [0.4, 0.5) is 18.9 Å². The van der Waals surface area contributed by atoms with E-state index in [1.807, 2.05) is 0 Å². The van der Waals surface area contributed by atoms with Crippen LogP contribution in [0.3, 0.4) is 0 Å². The van der Waals surface area contributed by atoms with Crippen LogP contribution in [0.15, 0.2) is 65.6 Å². The molecule has 0 aliphatic carbocycles. The molecule has 6 nitrogen and oxygen atoms in total. The Balaban J connectivity index is 1.61. The summed E-state index contributed by atoms with van der Waals surface area (Å²) < 4.78 is 73.7. The molecule has 0 bridgehead atoms. The van der Waals surface area contributed by atoms with E-state index in [0.29, 0.717) is 11.3 Å². The van der Waals surface area contributed by atoms with Crippen molar-refractivity contribution in [3.63, 3.8) is 0 Å². The minimum absolute atomic E-state index is 0.0305. The summed E-state index contributed by atoms with van der Waals surface area (Å²) in [5, 5.41) is 0. The number of benzene rings is 3. The number of anilines is 1. The third kappa shape index (κ3) is 5.11. The van der Waals surface area contributed by atoms with Crippen molar-refractivity contribution in [1.82, 2.24) is 4.90 Å². The molecule has 0 spiro atoms. The van der Waals surface area contributed by atoms with E-state index in [4.69, 9.17) is 4.74 Å². The largest absolute Gasteiger partial charge is 0.481 e. The number of fused-ring (bicyclic) bond motifs is 1. The Bertz CT molecular complexity index is 1290. The fourth-order valence-electron chi connectivity index (χ4n) is 3.55. The molecule has 1 unspecified atom stereocenters. The number of carbonyl (C=O) groups excluding carboxylic acids is 1. The van der Waals surface area contributed by atoms with Crippen molar-refractivity contribution in [3.8, 4) is 5.75 Å². The van der Waals surface area contributed by atoms with Gasteiger partial charge < -0.3 is 9.64 Å². The van der Waals surface area contributed by atoms with Gasteiger partial charge in [-0.3, -0.25) is 9.52 Å². The lowest BCUT2D eigenvalue weighted by molar-refractivity contribution is -0.138. The Kier molecular flexibility index (Phi) is 6.03. The second-order valence-electron chi connectivity index (χ2n) is 7.61. The molecule has 1 aliphatic heterocycles. The number of hydrogen-bond acceptors (Lipinski definition) is 4. The molecule has 1 N–H and O–H groups in total. The van der Waals surface area contributed by atoms with Gasteiger partial charge in [-0.25, -0.2) is 21.6 Å². The highest BCUT2D eigenvalue weighted by Crippen LogP contribution is 2.30. The van der Waals surface area contributed by atoms with Crippen molar-refractivity contribution in [3.05, 3.63) is 89.2 Å². The number of halogens is 3. The van der Waals surface area contributed by atoms with E-state index in [1.54, 1.807) is 6.92 Å². The number of carbonyl (C=O) groups is 1. The number of sulfonamides is 1. The standard InChI is InChI=1S/C23H19F3N2O4S/c1-14-23(29)28(12-15-8-18(25)11-19(26)9-15)13-16-10-20(4-7-22(16)32-14)27-33(30,31)21-5-2-17(24)3-6-21/h2-11,14,27H,12-13H2,1H3. The van der Waals surface area contributed by atoms with Crippen LogP contribution in [0.5, 0.6) is 5.75 Å². The van der Waals surface area contributed by atoms with Crippen molar-refractivity contribution in [2.45, 2.75) is 31.0 Å². The molecule has 0 fully saturated rings. The van der Waals surface area contributed by atoms with Gasteiger partial charge in [0, 0.05) is 30.4 Å². The molecule has 4 rings (SSSR count).